The van der Waals surface area contributed by atoms with Crippen molar-refractivity contribution in [2.24, 2.45) is 0 Å². The first-order chi connectivity index (χ1) is 18.0. The molecule has 0 saturated carbocycles. The molecule has 3 heterocycles. The van der Waals surface area contributed by atoms with E-state index < -0.39 is 92.2 Å². The second-order valence-electron chi connectivity index (χ2n) is 8.90. The summed E-state index contributed by atoms with van der Waals surface area (Å²) < 4.78 is 31.1. The van der Waals surface area contributed by atoms with E-state index in [-0.39, 0.29) is 43.8 Å². The first kappa shape index (κ1) is 40.6. The fourth-order valence-corrected chi connectivity index (χ4v) is 4.25. The molecule has 0 spiro atoms. The third kappa shape index (κ3) is 10.9. The molecule has 3 fully saturated rings. The first-order valence-electron chi connectivity index (χ1n) is 11.7. The normalized spacial score (nSPS) is 44.2. The van der Waals surface area contributed by atoms with Crippen molar-refractivity contribution in [2.45, 2.75) is 92.6 Å². The van der Waals surface area contributed by atoms with Crippen LogP contribution in [0.3, 0.4) is 0 Å². The second kappa shape index (κ2) is 20.5. The van der Waals surface area contributed by atoms with E-state index in [2.05, 4.69) is 37.2 Å². The lowest BCUT2D eigenvalue weighted by Gasteiger charge is -2.41. The standard InChI is InChI=1S/C13H24O10.C8H16O5.I2.HI/c1-20-12-7(21-3-5(15)8(12)16)4-22-13-11(19)10(18)9(17)6(2-14)23-13;1-4-6(10)7(11)8(12-2)5(3-9)13-4;1-2;/h5-19H,2-4H2,1H3;4-11H,3H2,1-2H3;;1H/t5?,6?,7?,8-,9?,10+,11?,12?,13+;4-,5?,6?,7+,8?;;/m10../s1. The van der Waals surface area contributed by atoms with Crippen molar-refractivity contribution in [1.82, 2.24) is 0 Å². The van der Waals surface area contributed by atoms with Crippen LogP contribution in [0.1, 0.15) is 6.92 Å². The molecule has 236 valence electrons. The van der Waals surface area contributed by atoms with Gasteiger partial charge in [-0.3, -0.25) is 0 Å². The van der Waals surface area contributed by atoms with E-state index in [1.807, 2.05) is 0 Å². The van der Waals surface area contributed by atoms with Crippen molar-refractivity contribution in [3.63, 3.8) is 0 Å². The number of rotatable bonds is 7. The lowest BCUT2D eigenvalue weighted by Crippen LogP contribution is -2.60. The highest BCUT2D eigenvalue weighted by Crippen LogP contribution is 2.25. The van der Waals surface area contributed by atoms with E-state index in [0.717, 1.165) is 0 Å². The van der Waals surface area contributed by atoms with E-state index in [1.165, 1.54) is 14.2 Å². The molecule has 0 aromatic rings. The average Bonchev–Trinajstić information content (AvgIpc) is 2.93. The van der Waals surface area contributed by atoms with Crippen molar-refractivity contribution in [3.05, 3.63) is 0 Å². The van der Waals surface area contributed by atoms with Crippen LogP contribution in [0.4, 0.5) is 0 Å². The van der Waals surface area contributed by atoms with Gasteiger partial charge in [-0.15, -0.1) is 24.0 Å². The number of aliphatic hydroxyl groups is 9. The fraction of sp³-hybridized carbons (Fsp3) is 1.00. The van der Waals surface area contributed by atoms with Crippen LogP contribution in [-0.4, -0.2) is 172 Å². The number of halogens is 3. The molecule has 14 atom stereocenters. The average molecular weight is 914 g/mol. The Hall–Kier alpha value is 1.59. The van der Waals surface area contributed by atoms with Gasteiger partial charge in [0.2, 0.25) is 0 Å². The van der Waals surface area contributed by atoms with Gasteiger partial charge < -0.3 is 74.4 Å². The van der Waals surface area contributed by atoms with Crippen LogP contribution in [0, 0.1) is 0 Å². The summed E-state index contributed by atoms with van der Waals surface area (Å²) in [5, 5.41) is 85.6. The van der Waals surface area contributed by atoms with Gasteiger partial charge in [0, 0.05) is 51.5 Å². The summed E-state index contributed by atoms with van der Waals surface area (Å²) in [7, 11) is 2.75. The molecule has 15 nitrogen and oxygen atoms in total. The van der Waals surface area contributed by atoms with Crippen LogP contribution in [-0.2, 0) is 28.4 Å². The van der Waals surface area contributed by atoms with Crippen LogP contribution < -0.4 is 0 Å². The van der Waals surface area contributed by atoms with Gasteiger partial charge in [0.05, 0.1) is 32.5 Å². The molecule has 0 aromatic carbocycles. The number of hydrogen-bond acceptors (Lipinski definition) is 15. The lowest BCUT2D eigenvalue weighted by molar-refractivity contribution is -0.311. The van der Waals surface area contributed by atoms with E-state index in [0.29, 0.717) is 0 Å². The van der Waals surface area contributed by atoms with Crippen molar-refractivity contribution >= 4 is 61.2 Å². The van der Waals surface area contributed by atoms with Crippen LogP contribution in [0.25, 0.3) is 0 Å². The smallest absolute Gasteiger partial charge is 0.186 e. The minimum atomic E-state index is -1.54. The molecular formula is C21H41I3O15. The maximum Gasteiger partial charge on any atom is 0.186 e. The highest BCUT2D eigenvalue weighted by Gasteiger charge is 2.46. The topological polar surface area (TPSA) is 237 Å². The largest absolute Gasteiger partial charge is 0.394 e. The molecule has 9 unspecified atom stereocenters. The Morgan fingerprint density at radius 3 is 1.74 bits per heavy atom. The summed E-state index contributed by atoms with van der Waals surface area (Å²) in [5.41, 5.74) is 0. The Bertz CT molecular complexity index is 639. The Kier molecular flexibility index (Phi) is 21.4. The van der Waals surface area contributed by atoms with Crippen molar-refractivity contribution in [2.75, 3.05) is 40.6 Å². The highest BCUT2D eigenvalue weighted by atomic mass is 128. The molecular weight excluding hydrogens is 873 g/mol. The van der Waals surface area contributed by atoms with Gasteiger partial charge in [0.1, 0.15) is 73.2 Å². The molecule has 0 bridgehead atoms. The Morgan fingerprint density at radius 1 is 0.692 bits per heavy atom. The van der Waals surface area contributed by atoms with E-state index in [9.17, 15) is 35.7 Å². The zero-order chi connectivity index (χ0) is 29.2. The van der Waals surface area contributed by atoms with Gasteiger partial charge in [-0.2, -0.15) is 0 Å². The predicted molar refractivity (Wildman–Crippen MR) is 160 cm³/mol. The molecule has 39 heavy (non-hydrogen) atoms. The molecule has 18 heteroatoms. The summed E-state index contributed by atoms with van der Waals surface area (Å²) in [5.74, 6) is 0. The Balaban J connectivity index is 0.000000770. The maximum absolute atomic E-state index is 9.86. The minimum absolute atomic E-state index is 0. The summed E-state index contributed by atoms with van der Waals surface area (Å²) in [6.45, 7) is 0.583. The van der Waals surface area contributed by atoms with Crippen LogP contribution in [0.15, 0.2) is 0 Å². The first-order valence-corrected chi connectivity index (χ1v) is 18.0. The Labute approximate surface area is 267 Å². The van der Waals surface area contributed by atoms with Crippen LogP contribution in [0.2, 0.25) is 0 Å². The van der Waals surface area contributed by atoms with E-state index in [4.69, 9.17) is 38.6 Å². The van der Waals surface area contributed by atoms with Crippen molar-refractivity contribution in [3.8, 4) is 0 Å². The van der Waals surface area contributed by atoms with Gasteiger partial charge in [-0.25, -0.2) is 0 Å². The molecule has 3 saturated heterocycles. The van der Waals surface area contributed by atoms with E-state index >= 15 is 0 Å². The quantitative estimate of drug-likeness (QED) is 0.115. The van der Waals surface area contributed by atoms with Crippen molar-refractivity contribution < 1.29 is 74.4 Å². The Morgan fingerprint density at radius 2 is 1.23 bits per heavy atom. The summed E-state index contributed by atoms with van der Waals surface area (Å²) in [4.78, 5) is 0. The van der Waals surface area contributed by atoms with Crippen molar-refractivity contribution in [1.29, 1.82) is 0 Å². The molecule has 9 N–H and O–H groups in total. The highest BCUT2D eigenvalue weighted by molar-refractivity contribution is 15.0. The number of hydrogen-bond donors (Lipinski definition) is 9. The SMILES string of the molecule is COC1C(CO)O[C@@H](C)C(O)[C@H]1O.COC1C(CO[C@H]2OC(CO)C(O)[C@H](O)C2O)OCC(O)[C@H]1O.I.II. The summed E-state index contributed by atoms with van der Waals surface area (Å²) in [6, 6.07) is 0. The molecule has 3 rings (SSSR count). The molecule has 0 radical (unpaired) electrons. The molecule has 0 amide bonds. The maximum atomic E-state index is 9.86. The number of methoxy groups -OCH3 is 2. The third-order valence-corrected chi connectivity index (χ3v) is 6.50. The molecule has 0 aromatic heterocycles. The number of aliphatic hydroxyl groups excluding tert-OH is 9. The van der Waals surface area contributed by atoms with Crippen LogP contribution >= 0.6 is 61.2 Å². The summed E-state index contributed by atoms with van der Waals surface area (Å²) >= 11 is 4.24. The third-order valence-electron chi connectivity index (χ3n) is 6.50. The monoisotopic (exact) mass is 914 g/mol. The minimum Gasteiger partial charge on any atom is -0.394 e. The van der Waals surface area contributed by atoms with E-state index in [1.54, 1.807) is 6.92 Å². The number of ether oxygens (including phenoxy) is 6. The second-order valence-corrected chi connectivity index (χ2v) is 8.90. The summed E-state index contributed by atoms with van der Waals surface area (Å²) in [6.07, 6.45) is -14.4. The molecule has 3 aliphatic heterocycles. The van der Waals surface area contributed by atoms with Gasteiger partial charge in [-0.05, 0) is 6.92 Å². The molecule has 3 aliphatic rings. The zero-order valence-corrected chi connectivity index (χ0v) is 28.2. The zero-order valence-electron chi connectivity index (χ0n) is 21.5. The van der Waals surface area contributed by atoms with Gasteiger partial charge in [0.15, 0.2) is 6.29 Å². The molecule has 0 aliphatic carbocycles. The fourth-order valence-electron chi connectivity index (χ4n) is 4.25. The van der Waals surface area contributed by atoms with Gasteiger partial charge >= 0.3 is 0 Å². The van der Waals surface area contributed by atoms with Crippen LogP contribution in [0.5, 0.6) is 0 Å². The predicted octanol–water partition coefficient (Wildman–Crippen LogP) is -3.17. The van der Waals surface area contributed by atoms with Gasteiger partial charge in [0.25, 0.3) is 0 Å². The lowest BCUT2D eigenvalue weighted by atomic mass is 9.96. The van der Waals surface area contributed by atoms with Gasteiger partial charge in [-0.1, -0.05) is 0 Å².